The van der Waals surface area contributed by atoms with Crippen LogP contribution in [-0.2, 0) is 6.42 Å². The molecule has 3 N–H and O–H groups in total. The van der Waals surface area contributed by atoms with Gasteiger partial charge in [0.05, 0.1) is 27.8 Å². The van der Waals surface area contributed by atoms with Crippen molar-refractivity contribution in [2.75, 3.05) is 7.11 Å². The molecule has 0 fully saturated rings. The summed E-state index contributed by atoms with van der Waals surface area (Å²) in [6.45, 7) is 13.4. The number of amidine groups is 1. The van der Waals surface area contributed by atoms with Crippen molar-refractivity contribution in [3.63, 3.8) is 0 Å². The molecule has 0 spiro atoms. The van der Waals surface area contributed by atoms with Crippen LogP contribution < -0.4 is 5.73 Å². The molecule has 2 heterocycles. The van der Waals surface area contributed by atoms with Gasteiger partial charge in [-0.3, -0.25) is 0 Å². The first kappa shape index (κ1) is 53.8. The van der Waals surface area contributed by atoms with Gasteiger partial charge in [-0.05, 0) is 133 Å². The zero-order chi connectivity index (χ0) is 52.9. The maximum atomic E-state index is 7.00. The smallest absolute Gasteiger partial charge is 0.131 e. The van der Waals surface area contributed by atoms with Crippen molar-refractivity contribution in [1.29, 1.82) is 0 Å². The lowest BCUT2D eigenvalue weighted by Gasteiger charge is -2.11. The second-order valence-electron chi connectivity index (χ2n) is 17.2. The van der Waals surface area contributed by atoms with E-state index in [2.05, 4.69) is 222 Å². The number of aliphatic hydroxyl groups excluding tert-OH is 1. The fraction of sp³-hybridized carbons (Fsp3) is 0.100. The van der Waals surface area contributed by atoms with Crippen molar-refractivity contribution in [2.45, 2.75) is 41.0 Å². The van der Waals surface area contributed by atoms with Crippen LogP contribution in [0.1, 0.15) is 51.3 Å². The Hall–Kier alpha value is -9.03. The molecule has 9 aromatic carbocycles. The van der Waals surface area contributed by atoms with E-state index in [4.69, 9.17) is 15.8 Å². The lowest BCUT2D eigenvalue weighted by molar-refractivity contribution is 0.399. The molecule has 0 saturated carbocycles. The van der Waals surface area contributed by atoms with Crippen LogP contribution in [0.25, 0.3) is 82.9 Å². The van der Waals surface area contributed by atoms with E-state index in [0.29, 0.717) is 5.84 Å². The van der Waals surface area contributed by atoms with E-state index in [0.717, 1.165) is 52.8 Å². The summed E-state index contributed by atoms with van der Waals surface area (Å²) < 4.78 is 4.71. The SMILES string of the molecule is C/C=C\C.C=C/C=C\C.CC.CO.NC(=N/C(=C\Cc1ccc(-c2ccccc2)cc1)c1ccccc1)c1ccc(-n2c3ccccc3c3cc(-c4ccc5c(c4)c4ccccc4n5-c4ccccc4)ccc32)cc1. The van der Waals surface area contributed by atoms with E-state index in [1.165, 1.54) is 60.4 Å². The van der Waals surface area contributed by atoms with Crippen LogP contribution in [0.15, 0.2) is 272 Å². The summed E-state index contributed by atoms with van der Waals surface area (Å²) >= 11 is 0. The first-order valence-electron chi connectivity index (χ1n) is 25.7. The molecule has 0 unspecified atom stereocenters. The van der Waals surface area contributed by atoms with Crippen LogP contribution in [-0.4, -0.2) is 27.2 Å². The molecule has 0 aliphatic heterocycles. The highest BCUT2D eigenvalue weighted by molar-refractivity contribution is 6.13. The number of hydrogen-bond acceptors (Lipinski definition) is 2. The van der Waals surface area contributed by atoms with E-state index < -0.39 is 0 Å². The Morgan fingerprint density at radius 1 is 0.453 bits per heavy atom. The molecule has 0 bridgehead atoms. The molecule has 0 aliphatic rings. The number of hydrogen-bond donors (Lipinski definition) is 2. The van der Waals surface area contributed by atoms with E-state index >= 15 is 0 Å². The first-order chi connectivity index (χ1) is 37.0. The number of aromatic nitrogens is 2. The third-order valence-electron chi connectivity index (χ3n) is 12.7. The van der Waals surface area contributed by atoms with E-state index in [-0.39, 0.29) is 0 Å². The molecule has 5 heteroatoms. The summed E-state index contributed by atoms with van der Waals surface area (Å²) in [6, 6.07) is 79.7. The highest BCUT2D eigenvalue weighted by Gasteiger charge is 2.16. The van der Waals surface area contributed by atoms with Gasteiger partial charge in [-0.2, -0.15) is 0 Å². The van der Waals surface area contributed by atoms with Gasteiger partial charge in [-0.15, -0.1) is 0 Å². The summed E-state index contributed by atoms with van der Waals surface area (Å²) in [7, 11) is 1.00. The Labute approximate surface area is 443 Å². The molecular formula is C70H68N4O. The highest BCUT2D eigenvalue weighted by atomic mass is 16.2. The van der Waals surface area contributed by atoms with Gasteiger partial charge in [0.25, 0.3) is 0 Å². The third-order valence-corrected chi connectivity index (χ3v) is 12.7. The zero-order valence-corrected chi connectivity index (χ0v) is 44.1. The quantitative estimate of drug-likeness (QED) is 0.0620. The lowest BCUT2D eigenvalue weighted by Crippen LogP contribution is -2.13. The van der Waals surface area contributed by atoms with Gasteiger partial charge in [0, 0.05) is 45.6 Å². The molecule has 11 rings (SSSR count). The number of fused-ring (bicyclic) bond motifs is 6. The predicted molar refractivity (Wildman–Crippen MR) is 326 cm³/mol. The minimum Gasteiger partial charge on any atom is -0.400 e. The van der Waals surface area contributed by atoms with Crippen LogP contribution in [0, 0.1) is 0 Å². The summed E-state index contributed by atoms with van der Waals surface area (Å²) in [5, 5.41) is 11.9. The Morgan fingerprint density at radius 3 is 1.36 bits per heavy atom. The molecule has 374 valence electrons. The largest absolute Gasteiger partial charge is 0.400 e. The number of para-hydroxylation sites is 3. The molecule has 0 radical (unpaired) electrons. The average molecular weight is 981 g/mol. The molecule has 0 amide bonds. The molecule has 0 saturated heterocycles. The van der Waals surface area contributed by atoms with Crippen LogP contribution >= 0.6 is 0 Å². The zero-order valence-electron chi connectivity index (χ0n) is 44.1. The van der Waals surface area contributed by atoms with E-state index in [1.807, 2.05) is 83.2 Å². The Morgan fingerprint density at radius 2 is 0.880 bits per heavy atom. The van der Waals surface area contributed by atoms with Gasteiger partial charge in [0.15, 0.2) is 0 Å². The van der Waals surface area contributed by atoms with Crippen molar-refractivity contribution in [1.82, 2.24) is 9.13 Å². The van der Waals surface area contributed by atoms with Crippen LogP contribution in [0.5, 0.6) is 0 Å². The maximum Gasteiger partial charge on any atom is 0.131 e. The normalized spacial score (nSPS) is 11.3. The number of nitrogens with zero attached hydrogens (tertiary/aromatic N) is 3. The fourth-order valence-corrected chi connectivity index (χ4v) is 9.07. The monoisotopic (exact) mass is 981 g/mol. The van der Waals surface area contributed by atoms with Crippen LogP contribution in [0.2, 0.25) is 0 Å². The van der Waals surface area contributed by atoms with Gasteiger partial charge in [-0.1, -0.05) is 209 Å². The third kappa shape index (κ3) is 12.6. The Balaban J connectivity index is 0.000000574. The number of nitrogens with two attached hydrogens (primary N) is 1. The highest BCUT2D eigenvalue weighted by Crippen LogP contribution is 2.38. The number of rotatable bonds is 10. The number of aliphatic hydroxyl groups is 1. The standard InChI is InChI=1S/C58H42N4.C5H8.C4H8.C2H6.CH4O/c59-58(60-53(43-16-6-2-7-17-43)35-26-40-24-27-42(28-25-40)41-14-4-1-5-15-41)44-29-33-48(34-30-44)62-55-23-13-11-21-50(55)52-39-46(32-37-57(52)62)45-31-36-56-51(38-45)49-20-10-12-22-54(49)61(56)47-18-8-3-9-19-47;1-3-5-4-2;1-3-4-2;2*1-2/h1-25,27-39H,26H2,(H2,59,60);3-5H,1H2,2H3;3-4H,1-2H3;1-2H3;2H,1H3/b53-35-;5-4-;4-3-;;. The summed E-state index contributed by atoms with van der Waals surface area (Å²) in [6.07, 6.45) is 12.5. The molecule has 0 atom stereocenters. The molecular weight excluding hydrogens is 913 g/mol. The lowest BCUT2D eigenvalue weighted by atomic mass is 10.0. The number of benzene rings is 9. The van der Waals surface area contributed by atoms with Gasteiger partial charge in [-0.25, -0.2) is 4.99 Å². The number of aliphatic imine (C=N–C) groups is 1. The minimum atomic E-state index is 0.474. The van der Waals surface area contributed by atoms with Gasteiger partial charge >= 0.3 is 0 Å². The molecule has 0 aliphatic carbocycles. The summed E-state index contributed by atoms with van der Waals surface area (Å²) in [4.78, 5) is 5.03. The van der Waals surface area contributed by atoms with Crippen molar-refractivity contribution in [3.05, 3.63) is 284 Å². The minimum absolute atomic E-state index is 0.474. The predicted octanol–water partition coefficient (Wildman–Crippen LogP) is 18.2. The van der Waals surface area contributed by atoms with Crippen molar-refractivity contribution < 1.29 is 5.11 Å². The average Bonchev–Trinajstić information content (AvgIpc) is 4.01. The van der Waals surface area contributed by atoms with Crippen LogP contribution in [0.3, 0.4) is 0 Å². The maximum absolute atomic E-state index is 7.00. The van der Waals surface area contributed by atoms with E-state index in [1.54, 1.807) is 6.08 Å². The van der Waals surface area contributed by atoms with Crippen molar-refractivity contribution >= 4 is 55.1 Å². The molecule has 75 heavy (non-hydrogen) atoms. The van der Waals surface area contributed by atoms with Crippen molar-refractivity contribution in [3.8, 4) is 33.6 Å². The summed E-state index contributed by atoms with van der Waals surface area (Å²) in [5.41, 5.74) is 22.5. The van der Waals surface area contributed by atoms with Crippen LogP contribution in [0.4, 0.5) is 0 Å². The van der Waals surface area contributed by atoms with Gasteiger partial charge < -0.3 is 20.0 Å². The Kier molecular flexibility index (Phi) is 19.5. The second-order valence-corrected chi connectivity index (χ2v) is 17.2. The number of allylic oxidation sites excluding steroid dienone is 6. The van der Waals surface area contributed by atoms with Crippen molar-refractivity contribution in [2.24, 2.45) is 10.7 Å². The molecule has 5 nitrogen and oxygen atoms in total. The van der Waals surface area contributed by atoms with Gasteiger partial charge in [0.1, 0.15) is 5.84 Å². The Bertz CT molecular complexity index is 3690. The van der Waals surface area contributed by atoms with E-state index in [9.17, 15) is 0 Å². The van der Waals surface area contributed by atoms with Gasteiger partial charge in [0.2, 0.25) is 0 Å². The second kappa shape index (κ2) is 27.1. The summed E-state index contributed by atoms with van der Waals surface area (Å²) in [5.74, 6) is 0.474. The molecule has 11 aromatic rings. The fourth-order valence-electron chi connectivity index (χ4n) is 9.07. The topological polar surface area (TPSA) is 68.5 Å². The molecule has 2 aromatic heterocycles. The first-order valence-corrected chi connectivity index (χ1v) is 25.7.